The minimum Gasteiger partial charge on any atom is -0.489 e. The summed E-state index contributed by atoms with van der Waals surface area (Å²) in [5.74, 6) is 0.743. The molecular weight excluding hydrogens is 336 g/mol. The van der Waals surface area contributed by atoms with E-state index in [1.54, 1.807) is 36.4 Å². The molecule has 0 heterocycles. The van der Waals surface area contributed by atoms with Crippen LogP contribution in [0.2, 0.25) is 5.02 Å². The number of benzene rings is 3. The number of hydrogen-bond acceptors (Lipinski definition) is 2. The van der Waals surface area contributed by atoms with E-state index in [4.69, 9.17) is 16.3 Å². The van der Waals surface area contributed by atoms with Crippen molar-refractivity contribution < 1.29 is 9.53 Å². The molecule has 3 aromatic rings. The summed E-state index contributed by atoms with van der Waals surface area (Å²) >= 11 is 5.82. The Morgan fingerprint density at radius 2 is 1.36 bits per heavy atom. The Balaban J connectivity index is 1.51. The van der Waals surface area contributed by atoms with E-state index in [-0.39, 0.29) is 6.03 Å². The van der Waals surface area contributed by atoms with E-state index in [9.17, 15) is 4.79 Å². The molecule has 3 aromatic carbocycles. The molecular formula is C20H17ClN2O2. The van der Waals surface area contributed by atoms with E-state index in [0.29, 0.717) is 23.0 Å². The van der Waals surface area contributed by atoms with Gasteiger partial charge >= 0.3 is 6.03 Å². The number of anilines is 2. The summed E-state index contributed by atoms with van der Waals surface area (Å²) in [6.45, 7) is 0.505. The molecule has 0 spiro atoms. The van der Waals surface area contributed by atoms with Crippen LogP contribution in [0.25, 0.3) is 0 Å². The van der Waals surface area contributed by atoms with Crippen LogP contribution in [0.1, 0.15) is 5.56 Å². The molecule has 0 aromatic heterocycles. The highest BCUT2D eigenvalue weighted by Crippen LogP contribution is 2.18. The van der Waals surface area contributed by atoms with Gasteiger partial charge in [-0.2, -0.15) is 0 Å². The van der Waals surface area contributed by atoms with E-state index in [1.807, 2.05) is 42.5 Å². The summed E-state index contributed by atoms with van der Waals surface area (Å²) in [6.07, 6.45) is 0. The van der Waals surface area contributed by atoms with E-state index < -0.39 is 0 Å². The number of rotatable bonds is 5. The van der Waals surface area contributed by atoms with Crippen LogP contribution in [-0.2, 0) is 6.61 Å². The van der Waals surface area contributed by atoms with Crippen LogP contribution in [0, 0.1) is 0 Å². The Morgan fingerprint density at radius 1 is 0.800 bits per heavy atom. The lowest BCUT2D eigenvalue weighted by atomic mass is 10.2. The highest BCUT2D eigenvalue weighted by molar-refractivity contribution is 6.30. The highest BCUT2D eigenvalue weighted by atomic mass is 35.5. The molecule has 0 unspecified atom stereocenters. The molecule has 126 valence electrons. The smallest absolute Gasteiger partial charge is 0.323 e. The summed E-state index contributed by atoms with van der Waals surface area (Å²) in [5, 5.41) is 6.13. The topological polar surface area (TPSA) is 50.4 Å². The van der Waals surface area contributed by atoms with Crippen molar-refractivity contribution in [2.24, 2.45) is 0 Å². The molecule has 0 fully saturated rings. The highest BCUT2D eigenvalue weighted by Gasteiger charge is 2.03. The van der Waals surface area contributed by atoms with Gasteiger partial charge in [-0.25, -0.2) is 4.79 Å². The second kappa shape index (κ2) is 8.22. The first-order chi connectivity index (χ1) is 12.2. The predicted octanol–water partition coefficient (Wildman–Crippen LogP) is 5.56. The summed E-state index contributed by atoms with van der Waals surface area (Å²) in [6, 6.07) is 23.8. The van der Waals surface area contributed by atoms with E-state index in [0.717, 1.165) is 11.3 Å². The lowest BCUT2D eigenvalue weighted by Gasteiger charge is -2.09. The van der Waals surface area contributed by atoms with Gasteiger partial charge in [0.1, 0.15) is 12.4 Å². The molecule has 0 aliphatic heterocycles. The Hall–Kier alpha value is -2.98. The zero-order chi connectivity index (χ0) is 17.5. The minimum atomic E-state index is -0.319. The number of amides is 2. The fourth-order valence-electron chi connectivity index (χ4n) is 2.20. The Morgan fingerprint density at radius 3 is 1.96 bits per heavy atom. The number of urea groups is 1. The Labute approximate surface area is 151 Å². The van der Waals surface area contributed by atoms with Gasteiger partial charge in [-0.05, 0) is 54.1 Å². The van der Waals surface area contributed by atoms with Crippen molar-refractivity contribution >= 4 is 29.0 Å². The molecule has 0 aliphatic rings. The van der Waals surface area contributed by atoms with Gasteiger partial charge in [0, 0.05) is 16.4 Å². The maximum atomic E-state index is 12.0. The van der Waals surface area contributed by atoms with Crippen molar-refractivity contribution in [1.29, 1.82) is 0 Å². The fourth-order valence-corrected chi connectivity index (χ4v) is 2.33. The van der Waals surface area contributed by atoms with Crippen molar-refractivity contribution in [2.45, 2.75) is 6.61 Å². The second-order valence-corrected chi connectivity index (χ2v) is 5.82. The van der Waals surface area contributed by atoms with Gasteiger partial charge in [0.2, 0.25) is 0 Å². The first-order valence-corrected chi connectivity index (χ1v) is 8.17. The van der Waals surface area contributed by atoms with Crippen molar-refractivity contribution in [2.75, 3.05) is 10.6 Å². The van der Waals surface area contributed by atoms with Crippen LogP contribution in [0.5, 0.6) is 5.75 Å². The summed E-state index contributed by atoms with van der Waals surface area (Å²) in [4.78, 5) is 12.0. The third kappa shape index (κ3) is 5.26. The van der Waals surface area contributed by atoms with Crippen LogP contribution in [0.4, 0.5) is 16.2 Å². The monoisotopic (exact) mass is 352 g/mol. The average molecular weight is 353 g/mol. The number of carbonyl (C=O) groups excluding carboxylic acids is 1. The molecule has 25 heavy (non-hydrogen) atoms. The maximum Gasteiger partial charge on any atom is 0.323 e. The molecule has 0 saturated heterocycles. The van der Waals surface area contributed by atoms with Crippen LogP contribution in [0.15, 0.2) is 78.9 Å². The van der Waals surface area contributed by atoms with Gasteiger partial charge in [0.05, 0.1) is 0 Å². The quantitative estimate of drug-likeness (QED) is 0.631. The minimum absolute atomic E-state index is 0.319. The normalized spacial score (nSPS) is 10.1. The summed E-state index contributed by atoms with van der Waals surface area (Å²) < 4.78 is 5.72. The predicted molar refractivity (Wildman–Crippen MR) is 101 cm³/mol. The van der Waals surface area contributed by atoms with Crippen molar-refractivity contribution in [3.8, 4) is 5.75 Å². The molecule has 0 radical (unpaired) electrons. The van der Waals surface area contributed by atoms with E-state index in [2.05, 4.69) is 10.6 Å². The lowest BCUT2D eigenvalue weighted by Crippen LogP contribution is -2.19. The standard InChI is InChI=1S/C20H17ClN2O2/c21-16-6-8-17(9-7-16)22-20(24)23-18-10-12-19(13-11-18)25-14-15-4-2-1-3-5-15/h1-13H,14H2,(H2,22,23,24). The molecule has 5 heteroatoms. The van der Waals surface area contributed by atoms with Gasteiger partial charge in [0.25, 0.3) is 0 Å². The van der Waals surface area contributed by atoms with Crippen molar-refractivity contribution in [1.82, 2.24) is 0 Å². The molecule has 2 amide bonds. The number of hydrogen-bond donors (Lipinski definition) is 2. The van der Waals surface area contributed by atoms with E-state index >= 15 is 0 Å². The molecule has 2 N–H and O–H groups in total. The van der Waals surface area contributed by atoms with E-state index in [1.165, 1.54) is 0 Å². The van der Waals surface area contributed by atoms with Gasteiger partial charge in [0.15, 0.2) is 0 Å². The zero-order valence-electron chi connectivity index (χ0n) is 13.4. The number of carbonyl (C=O) groups is 1. The van der Waals surface area contributed by atoms with Gasteiger partial charge < -0.3 is 15.4 Å². The van der Waals surface area contributed by atoms with Gasteiger partial charge in [-0.15, -0.1) is 0 Å². The van der Waals surface area contributed by atoms with Gasteiger partial charge in [-0.3, -0.25) is 0 Å². The molecule has 4 nitrogen and oxygen atoms in total. The molecule has 3 rings (SSSR count). The molecule has 0 bridgehead atoms. The lowest BCUT2D eigenvalue weighted by molar-refractivity contribution is 0.262. The average Bonchev–Trinajstić information content (AvgIpc) is 2.64. The van der Waals surface area contributed by atoms with Crippen molar-refractivity contribution in [3.63, 3.8) is 0 Å². The maximum absolute atomic E-state index is 12.0. The number of ether oxygens (including phenoxy) is 1. The number of nitrogens with one attached hydrogen (secondary N) is 2. The second-order valence-electron chi connectivity index (χ2n) is 5.38. The molecule has 0 atom stereocenters. The van der Waals surface area contributed by atoms with Crippen molar-refractivity contribution in [3.05, 3.63) is 89.4 Å². The fraction of sp³-hybridized carbons (Fsp3) is 0.0500. The van der Waals surface area contributed by atoms with Crippen LogP contribution >= 0.6 is 11.6 Å². The molecule has 0 aliphatic carbocycles. The third-order valence-electron chi connectivity index (χ3n) is 3.46. The first-order valence-electron chi connectivity index (χ1n) is 7.79. The summed E-state index contributed by atoms with van der Waals surface area (Å²) in [5.41, 5.74) is 2.45. The van der Waals surface area contributed by atoms with Crippen LogP contribution in [-0.4, -0.2) is 6.03 Å². The molecule has 0 saturated carbocycles. The van der Waals surface area contributed by atoms with Gasteiger partial charge in [-0.1, -0.05) is 41.9 Å². The SMILES string of the molecule is O=C(Nc1ccc(Cl)cc1)Nc1ccc(OCc2ccccc2)cc1. The Bertz CT molecular complexity index is 819. The third-order valence-corrected chi connectivity index (χ3v) is 3.71. The van der Waals surface area contributed by atoms with Crippen LogP contribution < -0.4 is 15.4 Å². The first kappa shape index (κ1) is 16.9. The summed E-state index contributed by atoms with van der Waals surface area (Å²) in [7, 11) is 0. The Kier molecular flexibility index (Phi) is 5.54. The number of halogens is 1. The largest absolute Gasteiger partial charge is 0.489 e. The zero-order valence-corrected chi connectivity index (χ0v) is 14.2. The van der Waals surface area contributed by atoms with Crippen LogP contribution in [0.3, 0.4) is 0 Å².